The minimum Gasteiger partial charge on any atom is -0.394 e. The average molecular weight is 283 g/mol. The summed E-state index contributed by atoms with van der Waals surface area (Å²) in [5.41, 5.74) is 5.50. The van der Waals surface area contributed by atoms with Crippen LogP contribution in [0.5, 0.6) is 0 Å². The molecule has 0 radical (unpaired) electrons. The zero-order valence-electron chi connectivity index (χ0n) is 10.5. The van der Waals surface area contributed by atoms with Gasteiger partial charge in [0.1, 0.15) is 6.23 Å². The van der Waals surface area contributed by atoms with Crippen LogP contribution in [0.3, 0.4) is 0 Å². The summed E-state index contributed by atoms with van der Waals surface area (Å²) in [6, 6.07) is 0. The molecule has 3 heterocycles. The Morgan fingerprint density at radius 1 is 1.65 bits per heavy atom. The van der Waals surface area contributed by atoms with Crippen LogP contribution in [0, 0.1) is 5.92 Å². The number of fused-ring (bicyclic) bond motifs is 1. The first kappa shape index (κ1) is 13.0. The number of ether oxygens (including phenoxy) is 1. The highest BCUT2D eigenvalue weighted by Gasteiger charge is 2.36. The van der Waals surface area contributed by atoms with E-state index in [0.717, 1.165) is 0 Å². The Balaban J connectivity index is 2.01. The van der Waals surface area contributed by atoms with E-state index in [0.29, 0.717) is 6.42 Å². The van der Waals surface area contributed by atoms with Crippen LogP contribution in [0.4, 0.5) is 10.3 Å². The molecule has 0 amide bonds. The number of aromatic nitrogens is 4. The maximum atomic E-state index is 12.9. The molecule has 9 heteroatoms. The molecule has 2 aromatic heterocycles. The Bertz CT molecular complexity index is 672. The van der Waals surface area contributed by atoms with Crippen molar-refractivity contribution in [2.24, 2.45) is 5.92 Å². The third-order valence-corrected chi connectivity index (χ3v) is 3.50. The van der Waals surface area contributed by atoms with E-state index in [4.69, 9.17) is 10.5 Å². The second kappa shape index (κ2) is 4.84. The average Bonchev–Trinajstić information content (AvgIpc) is 3.01. The molecule has 8 nitrogen and oxygen atoms in total. The molecule has 3 atom stereocenters. The summed E-state index contributed by atoms with van der Waals surface area (Å²) in [6.45, 7) is -0.835. The van der Waals surface area contributed by atoms with Crippen molar-refractivity contribution in [3.63, 3.8) is 0 Å². The number of alkyl halides is 1. The number of nitrogens with two attached hydrogens (primary N) is 1. The van der Waals surface area contributed by atoms with Crippen molar-refractivity contribution in [1.82, 2.24) is 19.5 Å². The number of hydrogen-bond acceptors (Lipinski definition) is 6. The van der Waals surface area contributed by atoms with Gasteiger partial charge in [-0.2, -0.15) is 4.98 Å². The van der Waals surface area contributed by atoms with Gasteiger partial charge in [0.2, 0.25) is 5.95 Å². The second-order valence-electron chi connectivity index (χ2n) is 4.74. The van der Waals surface area contributed by atoms with Crippen LogP contribution < -0.4 is 11.3 Å². The van der Waals surface area contributed by atoms with E-state index in [1.165, 1.54) is 6.33 Å². The number of H-pyrrole nitrogens is 1. The maximum absolute atomic E-state index is 12.9. The number of hydrogen-bond donors (Lipinski definition) is 3. The minimum absolute atomic E-state index is 0.0250. The number of nitrogens with one attached hydrogen (secondary N) is 1. The van der Waals surface area contributed by atoms with Crippen LogP contribution in [0.2, 0.25) is 0 Å². The zero-order valence-corrected chi connectivity index (χ0v) is 10.5. The minimum atomic E-state index is -0.579. The van der Waals surface area contributed by atoms with Gasteiger partial charge in [0.05, 0.1) is 25.7 Å². The van der Waals surface area contributed by atoms with Crippen molar-refractivity contribution in [2.45, 2.75) is 18.8 Å². The fraction of sp³-hybridized carbons (Fsp3) is 0.545. The van der Waals surface area contributed by atoms with E-state index in [9.17, 15) is 14.3 Å². The molecular weight excluding hydrogens is 269 g/mol. The largest absolute Gasteiger partial charge is 0.394 e. The van der Waals surface area contributed by atoms with Gasteiger partial charge in [-0.05, 0) is 0 Å². The number of aromatic amines is 1. The number of halogens is 1. The summed E-state index contributed by atoms with van der Waals surface area (Å²) in [5.74, 6) is -0.412. The molecule has 1 fully saturated rings. The Hall–Kier alpha value is -2.00. The van der Waals surface area contributed by atoms with Crippen LogP contribution in [0.15, 0.2) is 11.1 Å². The predicted molar refractivity (Wildman–Crippen MR) is 67.6 cm³/mol. The summed E-state index contributed by atoms with van der Waals surface area (Å²) in [7, 11) is 0. The van der Waals surface area contributed by atoms with Crippen molar-refractivity contribution in [1.29, 1.82) is 0 Å². The molecule has 4 N–H and O–H groups in total. The standard InChI is InChI=1S/C11H14FN5O3/c12-2-5-1-7(20-6(5)3-18)17-4-14-8-9(17)15-11(13)16-10(8)19/h4-7,18H,1-3H2,(H3,13,15,16,19). The number of rotatable bonds is 3. The predicted octanol–water partition coefficient (Wildman–Crippen LogP) is -0.433. The van der Waals surface area contributed by atoms with E-state index in [1.54, 1.807) is 4.57 Å². The topological polar surface area (TPSA) is 119 Å². The molecular formula is C11H14FN5O3. The molecule has 3 unspecified atom stereocenters. The lowest BCUT2D eigenvalue weighted by Gasteiger charge is -2.14. The summed E-state index contributed by atoms with van der Waals surface area (Å²) < 4.78 is 20.0. The normalized spacial score (nSPS) is 26.4. The van der Waals surface area contributed by atoms with Gasteiger partial charge < -0.3 is 15.6 Å². The van der Waals surface area contributed by atoms with Crippen molar-refractivity contribution in [3.05, 3.63) is 16.7 Å². The van der Waals surface area contributed by atoms with E-state index in [2.05, 4.69) is 15.0 Å². The molecule has 0 spiro atoms. The Morgan fingerprint density at radius 2 is 2.45 bits per heavy atom. The van der Waals surface area contributed by atoms with Gasteiger partial charge in [-0.1, -0.05) is 0 Å². The lowest BCUT2D eigenvalue weighted by atomic mass is 10.0. The number of nitrogen functional groups attached to an aromatic ring is 1. The Labute approximate surface area is 112 Å². The zero-order chi connectivity index (χ0) is 14.3. The van der Waals surface area contributed by atoms with E-state index >= 15 is 0 Å². The number of aliphatic hydroxyl groups excluding tert-OH is 1. The van der Waals surface area contributed by atoms with Gasteiger partial charge in [-0.25, -0.2) is 4.98 Å². The number of nitrogens with zero attached hydrogens (tertiary/aromatic N) is 3. The van der Waals surface area contributed by atoms with Crippen molar-refractivity contribution in [3.8, 4) is 0 Å². The van der Waals surface area contributed by atoms with Crippen LogP contribution >= 0.6 is 0 Å². The summed E-state index contributed by atoms with van der Waals surface area (Å²) >= 11 is 0. The number of imidazole rings is 1. The lowest BCUT2D eigenvalue weighted by molar-refractivity contribution is -0.0307. The number of aliphatic hydroxyl groups is 1. The fourth-order valence-corrected chi connectivity index (χ4v) is 2.47. The van der Waals surface area contributed by atoms with Gasteiger partial charge in [0.15, 0.2) is 11.2 Å². The molecule has 3 rings (SSSR count). The first-order valence-corrected chi connectivity index (χ1v) is 6.18. The summed E-state index contributed by atoms with van der Waals surface area (Å²) in [5, 5.41) is 9.18. The third-order valence-electron chi connectivity index (χ3n) is 3.50. The highest BCUT2D eigenvalue weighted by Crippen LogP contribution is 2.34. The molecule has 0 bridgehead atoms. The fourth-order valence-electron chi connectivity index (χ4n) is 2.47. The molecule has 1 saturated heterocycles. The molecule has 0 saturated carbocycles. The monoisotopic (exact) mass is 283 g/mol. The summed E-state index contributed by atoms with van der Waals surface area (Å²) in [6.07, 6.45) is 0.696. The molecule has 1 aliphatic heterocycles. The van der Waals surface area contributed by atoms with Crippen LogP contribution in [0.1, 0.15) is 12.6 Å². The van der Waals surface area contributed by atoms with E-state index < -0.39 is 24.6 Å². The smallest absolute Gasteiger partial charge is 0.280 e. The molecule has 1 aliphatic rings. The molecule has 108 valence electrons. The van der Waals surface area contributed by atoms with Gasteiger partial charge >= 0.3 is 0 Å². The molecule has 20 heavy (non-hydrogen) atoms. The van der Waals surface area contributed by atoms with Crippen molar-refractivity contribution >= 4 is 17.1 Å². The SMILES string of the molecule is Nc1nc2c(ncn2C2CC(CF)C(CO)O2)c(=O)[nH]1. The Morgan fingerprint density at radius 3 is 3.10 bits per heavy atom. The van der Waals surface area contributed by atoms with E-state index in [-0.39, 0.29) is 29.6 Å². The highest BCUT2D eigenvalue weighted by atomic mass is 19.1. The van der Waals surface area contributed by atoms with Crippen LogP contribution in [-0.2, 0) is 4.74 Å². The molecule has 0 aromatic carbocycles. The van der Waals surface area contributed by atoms with Crippen LogP contribution in [0.25, 0.3) is 11.2 Å². The van der Waals surface area contributed by atoms with Gasteiger partial charge in [-0.3, -0.25) is 18.7 Å². The van der Waals surface area contributed by atoms with Gasteiger partial charge in [0, 0.05) is 12.3 Å². The quantitative estimate of drug-likeness (QED) is 0.703. The van der Waals surface area contributed by atoms with Gasteiger partial charge in [0.25, 0.3) is 5.56 Å². The number of anilines is 1. The maximum Gasteiger partial charge on any atom is 0.280 e. The first-order valence-electron chi connectivity index (χ1n) is 6.18. The van der Waals surface area contributed by atoms with E-state index in [1.807, 2.05) is 0 Å². The molecule has 2 aromatic rings. The Kier molecular flexibility index (Phi) is 3.14. The van der Waals surface area contributed by atoms with Gasteiger partial charge in [-0.15, -0.1) is 0 Å². The third kappa shape index (κ3) is 1.95. The van der Waals surface area contributed by atoms with Crippen LogP contribution in [-0.4, -0.2) is 44.0 Å². The van der Waals surface area contributed by atoms with Crippen molar-refractivity contribution in [2.75, 3.05) is 19.0 Å². The highest BCUT2D eigenvalue weighted by molar-refractivity contribution is 5.70. The molecule has 0 aliphatic carbocycles. The summed E-state index contributed by atoms with van der Waals surface area (Å²) in [4.78, 5) is 22.0. The lowest BCUT2D eigenvalue weighted by Crippen LogP contribution is -2.21. The van der Waals surface area contributed by atoms with Crippen molar-refractivity contribution < 1.29 is 14.2 Å². The second-order valence-corrected chi connectivity index (χ2v) is 4.74. The first-order chi connectivity index (χ1) is 9.63.